The van der Waals surface area contributed by atoms with Gasteiger partial charge in [-0.2, -0.15) is 5.26 Å². The van der Waals surface area contributed by atoms with E-state index < -0.39 is 11.7 Å². The average Bonchev–Trinajstić information content (AvgIpc) is 2.17. The molecule has 3 N–H and O–H groups in total. The molecule has 1 atom stereocenters. The summed E-state index contributed by atoms with van der Waals surface area (Å²) in [5, 5.41) is 11.0. The lowest BCUT2D eigenvalue weighted by molar-refractivity contribution is 0.0941. The maximum absolute atomic E-state index is 12.7. The lowest BCUT2D eigenvalue weighted by atomic mass is 10.1. The molecule has 0 fully saturated rings. The number of amides is 1. The van der Waals surface area contributed by atoms with Crippen molar-refractivity contribution >= 4 is 11.6 Å². The van der Waals surface area contributed by atoms with Crippen LogP contribution in [0.2, 0.25) is 0 Å². The molecule has 16 heavy (non-hydrogen) atoms. The second-order valence-electron chi connectivity index (χ2n) is 3.47. The van der Waals surface area contributed by atoms with Gasteiger partial charge in [0, 0.05) is 11.7 Å². The van der Waals surface area contributed by atoms with Crippen molar-refractivity contribution in [2.24, 2.45) is 0 Å². The molecule has 0 spiro atoms. The van der Waals surface area contributed by atoms with Crippen LogP contribution in [-0.4, -0.2) is 11.9 Å². The number of nitrogens with one attached hydrogen (secondary N) is 1. The standard InChI is InChI=1S/C11H12FN3O/c1-7(4-5-13)15-11(16)9-3-2-8(12)6-10(9)14/h2-3,6-7H,4,14H2,1H3,(H,15,16). The van der Waals surface area contributed by atoms with Crippen molar-refractivity contribution in [3.05, 3.63) is 29.6 Å². The summed E-state index contributed by atoms with van der Waals surface area (Å²) in [6.07, 6.45) is 0.215. The number of benzene rings is 1. The summed E-state index contributed by atoms with van der Waals surface area (Å²) >= 11 is 0. The topological polar surface area (TPSA) is 78.9 Å². The van der Waals surface area contributed by atoms with Crippen molar-refractivity contribution in [3.63, 3.8) is 0 Å². The molecule has 0 aliphatic carbocycles. The maximum atomic E-state index is 12.7. The van der Waals surface area contributed by atoms with Gasteiger partial charge in [-0.05, 0) is 25.1 Å². The van der Waals surface area contributed by atoms with Crippen LogP contribution in [0, 0.1) is 17.1 Å². The minimum atomic E-state index is -0.487. The Balaban J connectivity index is 2.78. The van der Waals surface area contributed by atoms with Gasteiger partial charge in [0.1, 0.15) is 5.82 Å². The molecular weight excluding hydrogens is 209 g/mol. The van der Waals surface area contributed by atoms with E-state index in [9.17, 15) is 9.18 Å². The Bertz CT molecular complexity index is 439. The van der Waals surface area contributed by atoms with Gasteiger partial charge in [-0.1, -0.05) is 0 Å². The zero-order valence-corrected chi connectivity index (χ0v) is 8.83. The van der Waals surface area contributed by atoms with Crippen LogP contribution in [0.3, 0.4) is 0 Å². The molecule has 0 radical (unpaired) electrons. The van der Waals surface area contributed by atoms with Crippen molar-refractivity contribution in [2.75, 3.05) is 5.73 Å². The van der Waals surface area contributed by atoms with Crippen LogP contribution in [0.5, 0.6) is 0 Å². The fraction of sp³-hybridized carbons (Fsp3) is 0.273. The molecule has 0 aliphatic rings. The molecule has 1 aromatic carbocycles. The summed E-state index contributed by atoms with van der Waals surface area (Å²) in [5.41, 5.74) is 5.81. The number of carbonyl (C=O) groups is 1. The summed E-state index contributed by atoms with van der Waals surface area (Å²) in [5.74, 6) is -0.889. The summed E-state index contributed by atoms with van der Waals surface area (Å²) in [7, 11) is 0. The number of rotatable bonds is 3. The van der Waals surface area contributed by atoms with Gasteiger partial charge in [0.15, 0.2) is 0 Å². The van der Waals surface area contributed by atoms with E-state index in [0.717, 1.165) is 6.07 Å². The Kier molecular flexibility index (Phi) is 3.84. The monoisotopic (exact) mass is 221 g/mol. The molecule has 1 amide bonds. The fourth-order valence-electron chi connectivity index (χ4n) is 1.23. The number of anilines is 1. The van der Waals surface area contributed by atoms with Crippen molar-refractivity contribution in [1.29, 1.82) is 5.26 Å². The minimum Gasteiger partial charge on any atom is -0.398 e. The number of nitriles is 1. The number of carbonyl (C=O) groups excluding carboxylic acids is 1. The van der Waals surface area contributed by atoms with Gasteiger partial charge in [-0.3, -0.25) is 4.79 Å². The van der Waals surface area contributed by atoms with Crippen LogP contribution in [0.15, 0.2) is 18.2 Å². The highest BCUT2D eigenvalue weighted by molar-refractivity contribution is 5.99. The number of hydrogen-bond acceptors (Lipinski definition) is 3. The van der Waals surface area contributed by atoms with E-state index in [1.807, 2.05) is 6.07 Å². The van der Waals surface area contributed by atoms with Gasteiger partial charge < -0.3 is 11.1 Å². The van der Waals surface area contributed by atoms with Crippen molar-refractivity contribution in [3.8, 4) is 6.07 Å². The number of nitrogens with two attached hydrogens (primary N) is 1. The Labute approximate surface area is 92.9 Å². The quantitative estimate of drug-likeness (QED) is 0.758. The number of nitrogen functional groups attached to an aromatic ring is 1. The third-order valence-electron chi connectivity index (χ3n) is 2.03. The molecule has 0 bridgehead atoms. The van der Waals surface area contributed by atoms with Crippen LogP contribution in [0.4, 0.5) is 10.1 Å². The van der Waals surface area contributed by atoms with E-state index in [4.69, 9.17) is 11.0 Å². The van der Waals surface area contributed by atoms with Crippen molar-refractivity contribution in [2.45, 2.75) is 19.4 Å². The molecular formula is C11H12FN3O. The SMILES string of the molecule is CC(CC#N)NC(=O)c1ccc(F)cc1N. The fourth-order valence-corrected chi connectivity index (χ4v) is 1.23. The highest BCUT2D eigenvalue weighted by Gasteiger charge is 2.12. The Morgan fingerprint density at radius 2 is 2.38 bits per heavy atom. The van der Waals surface area contributed by atoms with E-state index in [1.165, 1.54) is 12.1 Å². The molecule has 84 valence electrons. The first-order valence-electron chi connectivity index (χ1n) is 4.77. The summed E-state index contributed by atoms with van der Waals surface area (Å²) < 4.78 is 12.7. The highest BCUT2D eigenvalue weighted by Crippen LogP contribution is 2.13. The summed E-state index contributed by atoms with van der Waals surface area (Å²) in [6.45, 7) is 1.71. The molecule has 4 nitrogen and oxygen atoms in total. The molecule has 1 unspecified atom stereocenters. The first-order valence-corrected chi connectivity index (χ1v) is 4.77. The molecule has 0 aromatic heterocycles. The Morgan fingerprint density at radius 1 is 1.69 bits per heavy atom. The zero-order chi connectivity index (χ0) is 12.1. The second-order valence-corrected chi connectivity index (χ2v) is 3.47. The lowest BCUT2D eigenvalue weighted by Gasteiger charge is -2.11. The minimum absolute atomic E-state index is 0.0849. The highest BCUT2D eigenvalue weighted by atomic mass is 19.1. The Morgan fingerprint density at radius 3 is 2.94 bits per heavy atom. The van der Waals surface area contributed by atoms with Gasteiger partial charge in [0.2, 0.25) is 0 Å². The van der Waals surface area contributed by atoms with Crippen molar-refractivity contribution < 1.29 is 9.18 Å². The average molecular weight is 221 g/mol. The van der Waals surface area contributed by atoms with Gasteiger partial charge in [0.25, 0.3) is 5.91 Å². The predicted octanol–water partition coefficient (Wildman–Crippen LogP) is 1.44. The smallest absolute Gasteiger partial charge is 0.253 e. The first kappa shape index (κ1) is 12.0. The molecule has 0 saturated heterocycles. The number of nitrogens with zero attached hydrogens (tertiary/aromatic N) is 1. The molecule has 0 saturated carbocycles. The predicted molar refractivity (Wildman–Crippen MR) is 58.0 cm³/mol. The number of halogens is 1. The van der Waals surface area contributed by atoms with Gasteiger partial charge in [-0.25, -0.2) is 4.39 Å². The lowest BCUT2D eigenvalue weighted by Crippen LogP contribution is -2.32. The maximum Gasteiger partial charge on any atom is 0.253 e. The van der Waals surface area contributed by atoms with Gasteiger partial charge in [-0.15, -0.1) is 0 Å². The zero-order valence-electron chi connectivity index (χ0n) is 8.83. The molecule has 1 aromatic rings. The normalized spacial score (nSPS) is 11.6. The number of hydrogen-bond donors (Lipinski definition) is 2. The van der Waals surface area contributed by atoms with Crippen LogP contribution in [0.1, 0.15) is 23.7 Å². The molecule has 0 aliphatic heterocycles. The van der Waals surface area contributed by atoms with E-state index in [-0.39, 0.29) is 23.7 Å². The Hall–Kier alpha value is -2.09. The largest absolute Gasteiger partial charge is 0.398 e. The van der Waals surface area contributed by atoms with E-state index in [2.05, 4.69) is 5.32 Å². The van der Waals surface area contributed by atoms with Crippen LogP contribution in [0.25, 0.3) is 0 Å². The third-order valence-corrected chi connectivity index (χ3v) is 2.03. The first-order chi connectivity index (χ1) is 7.54. The van der Waals surface area contributed by atoms with E-state index in [0.29, 0.717) is 0 Å². The molecule has 1 rings (SSSR count). The van der Waals surface area contributed by atoms with Gasteiger partial charge >= 0.3 is 0 Å². The van der Waals surface area contributed by atoms with Crippen LogP contribution < -0.4 is 11.1 Å². The summed E-state index contributed by atoms with van der Waals surface area (Å²) in [6, 6.07) is 5.25. The van der Waals surface area contributed by atoms with Crippen molar-refractivity contribution in [1.82, 2.24) is 5.32 Å². The van der Waals surface area contributed by atoms with Crippen LogP contribution >= 0.6 is 0 Å². The second kappa shape index (κ2) is 5.12. The van der Waals surface area contributed by atoms with E-state index in [1.54, 1.807) is 6.92 Å². The van der Waals surface area contributed by atoms with Crippen LogP contribution in [-0.2, 0) is 0 Å². The van der Waals surface area contributed by atoms with E-state index >= 15 is 0 Å². The van der Waals surface area contributed by atoms with Gasteiger partial charge in [0.05, 0.1) is 18.1 Å². The third kappa shape index (κ3) is 2.95. The molecule has 5 heteroatoms. The molecule has 0 heterocycles. The summed E-state index contributed by atoms with van der Waals surface area (Å²) in [4.78, 5) is 11.6.